The summed E-state index contributed by atoms with van der Waals surface area (Å²) >= 11 is 0. The molecule has 1 heterocycles. The molecule has 0 unspecified atom stereocenters. The fraction of sp³-hybridized carbons (Fsp3) is 0.846. The molecular formula is C13H23NO4. The third-order valence-electron chi connectivity index (χ3n) is 3.47. The number of aliphatic carboxylic acids is 1. The third kappa shape index (κ3) is 3.45. The van der Waals surface area contributed by atoms with Crippen LogP contribution >= 0.6 is 0 Å². The van der Waals surface area contributed by atoms with Crippen LogP contribution in [-0.2, 0) is 9.59 Å². The molecule has 2 atom stereocenters. The first-order valence-corrected chi connectivity index (χ1v) is 6.72. The van der Waals surface area contributed by atoms with Crippen LogP contribution in [0.1, 0.15) is 46.0 Å². The average Bonchev–Trinajstić information content (AvgIpc) is 2.70. The molecule has 5 heteroatoms. The van der Waals surface area contributed by atoms with Gasteiger partial charge >= 0.3 is 5.97 Å². The summed E-state index contributed by atoms with van der Waals surface area (Å²) in [6.07, 6.45) is 2.82. The minimum absolute atomic E-state index is 0.104. The normalized spacial score (nSPS) is 23.7. The molecule has 1 rings (SSSR count). The zero-order valence-electron chi connectivity index (χ0n) is 11.1. The van der Waals surface area contributed by atoms with E-state index in [0.717, 1.165) is 25.7 Å². The summed E-state index contributed by atoms with van der Waals surface area (Å²) in [4.78, 5) is 24.8. The van der Waals surface area contributed by atoms with Gasteiger partial charge in [0.15, 0.2) is 0 Å². The molecule has 0 aromatic heterocycles. The number of likely N-dealkylation sites (tertiary alicyclic amines) is 1. The number of aliphatic hydroxyl groups excluding tert-OH is 1. The van der Waals surface area contributed by atoms with Gasteiger partial charge in [-0.1, -0.05) is 26.7 Å². The Hall–Kier alpha value is -1.10. The lowest BCUT2D eigenvalue weighted by molar-refractivity contribution is -0.150. The van der Waals surface area contributed by atoms with Crippen molar-refractivity contribution in [1.29, 1.82) is 0 Å². The Morgan fingerprint density at radius 2 is 1.83 bits per heavy atom. The average molecular weight is 257 g/mol. The highest BCUT2D eigenvalue weighted by atomic mass is 16.4. The molecule has 0 saturated carbocycles. The predicted molar refractivity (Wildman–Crippen MR) is 67.1 cm³/mol. The summed E-state index contributed by atoms with van der Waals surface area (Å²) in [5, 5.41) is 18.6. The molecular weight excluding hydrogens is 234 g/mol. The molecule has 1 saturated heterocycles. The molecule has 1 fully saturated rings. The highest BCUT2D eigenvalue weighted by Crippen LogP contribution is 2.24. The smallest absolute Gasteiger partial charge is 0.326 e. The standard InChI is InChI=1S/C13H23NO4/c1-3-5-9(6-4-2)12(16)14-8-10(15)7-11(14)13(17)18/h9-11,15H,3-8H2,1-2H3,(H,17,18)/t10-,11+/m1/s1. The topological polar surface area (TPSA) is 77.8 Å². The van der Waals surface area contributed by atoms with Gasteiger partial charge in [-0.05, 0) is 12.8 Å². The van der Waals surface area contributed by atoms with Crippen molar-refractivity contribution in [2.45, 2.75) is 58.1 Å². The number of hydrogen-bond donors (Lipinski definition) is 2. The van der Waals surface area contributed by atoms with E-state index in [-0.39, 0.29) is 24.8 Å². The lowest BCUT2D eigenvalue weighted by Gasteiger charge is -2.26. The molecule has 0 radical (unpaired) electrons. The molecule has 0 aromatic rings. The molecule has 0 spiro atoms. The van der Waals surface area contributed by atoms with E-state index in [1.807, 2.05) is 13.8 Å². The van der Waals surface area contributed by atoms with Crippen LogP contribution in [0.4, 0.5) is 0 Å². The molecule has 1 aliphatic heterocycles. The van der Waals surface area contributed by atoms with Gasteiger partial charge in [0.05, 0.1) is 6.10 Å². The van der Waals surface area contributed by atoms with Crippen LogP contribution in [0, 0.1) is 5.92 Å². The largest absolute Gasteiger partial charge is 0.480 e. The summed E-state index contributed by atoms with van der Waals surface area (Å²) < 4.78 is 0. The molecule has 1 amide bonds. The second-order valence-electron chi connectivity index (χ2n) is 5.01. The minimum atomic E-state index is -1.02. The van der Waals surface area contributed by atoms with Gasteiger partial charge in [-0.2, -0.15) is 0 Å². The van der Waals surface area contributed by atoms with E-state index in [0.29, 0.717) is 0 Å². The Balaban J connectivity index is 2.76. The Kier molecular flexibility index (Phi) is 5.59. The maximum absolute atomic E-state index is 12.3. The van der Waals surface area contributed by atoms with Crippen LogP contribution in [0.15, 0.2) is 0 Å². The Bertz CT molecular complexity index is 299. The maximum Gasteiger partial charge on any atom is 0.326 e. The van der Waals surface area contributed by atoms with Gasteiger partial charge < -0.3 is 15.1 Å². The fourth-order valence-electron chi connectivity index (χ4n) is 2.61. The van der Waals surface area contributed by atoms with E-state index < -0.39 is 18.1 Å². The number of carboxylic acids is 1. The number of amides is 1. The predicted octanol–water partition coefficient (Wildman–Crippen LogP) is 1.25. The number of carbonyl (C=O) groups is 2. The van der Waals surface area contributed by atoms with Crippen LogP contribution < -0.4 is 0 Å². The number of carbonyl (C=O) groups excluding carboxylic acids is 1. The Labute approximate surface area is 108 Å². The van der Waals surface area contributed by atoms with Gasteiger partial charge in [0.2, 0.25) is 5.91 Å². The van der Waals surface area contributed by atoms with E-state index in [1.165, 1.54) is 4.90 Å². The Morgan fingerprint density at radius 3 is 2.28 bits per heavy atom. The molecule has 2 N–H and O–H groups in total. The van der Waals surface area contributed by atoms with Crippen molar-refractivity contribution in [2.24, 2.45) is 5.92 Å². The van der Waals surface area contributed by atoms with Crippen molar-refractivity contribution in [1.82, 2.24) is 4.90 Å². The van der Waals surface area contributed by atoms with Crippen molar-refractivity contribution >= 4 is 11.9 Å². The van der Waals surface area contributed by atoms with Crippen molar-refractivity contribution in [3.8, 4) is 0 Å². The van der Waals surface area contributed by atoms with Crippen molar-refractivity contribution in [3.63, 3.8) is 0 Å². The first-order valence-electron chi connectivity index (χ1n) is 6.72. The summed E-state index contributed by atoms with van der Waals surface area (Å²) in [6, 6.07) is -0.858. The summed E-state index contributed by atoms with van der Waals surface area (Å²) in [6.45, 7) is 4.19. The number of nitrogens with zero attached hydrogens (tertiary/aromatic N) is 1. The molecule has 18 heavy (non-hydrogen) atoms. The Morgan fingerprint density at radius 1 is 1.28 bits per heavy atom. The highest BCUT2D eigenvalue weighted by Gasteiger charge is 2.40. The van der Waals surface area contributed by atoms with Gasteiger partial charge in [0.25, 0.3) is 0 Å². The van der Waals surface area contributed by atoms with E-state index in [2.05, 4.69) is 0 Å². The van der Waals surface area contributed by atoms with Crippen LogP contribution in [0.2, 0.25) is 0 Å². The van der Waals surface area contributed by atoms with E-state index >= 15 is 0 Å². The monoisotopic (exact) mass is 257 g/mol. The van der Waals surface area contributed by atoms with Gasteiger partial charge in [0, 0.05) is 18.9 Å². The minimum Gasteiger partial charge on any atom is -0.480 e. The first kappa shape index (κ1) is 15.0. The van der Waals surface area contributed by atoms with E-state index in [4.69, 9.17) is 5.11 Å². The third-order valence-corrected chi connectivity index (χ3v) is 3.47. The van der Waals surface area contributed by atoms with Crippen molar-refractivity contribution in [2.75, 3.05) is 6.54 Å². The van der Waals surface area contributed by atoms with Crippen LogP contribution in [-0.4, -0.2) is 45.7 Å². The van der Waals surface area contributed by atoms with Crippen molar-refractivity contribution < 1.29 is 19.8 Å². The lowest BCUT2D eigenvalue weighted by atomic mass is 9.96. The summed E-state index contributed by atoms with van der Waals surface area (Å²) in [7, 11) is 0. The second-order valence-corrected chi connectivity index (χ2v) is 5.01. The van der Waals surface area contributed by atoms with Gasteiger partial charge in [-0.25, -0.2) is 4.79 Å². The number of hydrogen-bond acceptors (Lipinski definition) is 3. The van der Waals surface area contributed by atoms with Gasteiger partial charge in [-0.15, -0.1) is 0 Å². The number of aliphatic hydroxyl groups is 1. The van der Waals surface area contributed by atoms with E-state index in [9.17, 15) is 14.7 Å². The second kappa shape index (κ2) is 6.73. The van der Waals surface area contributed by atoms with Crippen LogP contribution in [0.5, 0.6) is 0 Å². The molecule has 5 nitrogen and oxygen atoms in total. The molecule has 0 aliphatic carbocycles. The molecule has 0 bridgehead atoms. The van der Waals surface area contributed by atoms with Crippen LogP contribution in [0.3, 0.4) is 0 Å². The molecule has 0 aromatic carbocycles. The SMILES string of the molecule is CCCC(CCC)C(=O)N1C[C@H](O)C[C@H]1C(=O)O. The quantitative estimate of drug-likeness (QED) is 0.750. The summed E-state index contributed by atoms with van der Waals surface area (Å²) in [5.74, 6) is -1.23. The lowest BCUT2D eigenvalue weighted by Crippen LogP contribution is -2.43. The van der Waals surface area contributed by atoms with Crippen LogP contribution in [0.25, 0.3) is 0 Å². The summed E-state index contributed by atoms with van der Waals surface area (Å²) in [5.41, 5.74) is 0. The number of β-amino-alcohol motifs (C(OH)–C–C–N with tert-alkyl or cyclic N) is 1. The first-order chi connectivity index (χ1) is 8.51. The number of carboxylic acid groups (broad SMARTS) is 1. The number of rotatable bonds is 6. The van der Waals surface area contributed by atoms with Gasteiger partial charge in [0.1, 0.15) is 6.04 Å². The van der Waals surface area contributed by atoms with Gasteiger partial charge in [-0.3, -0.25) is 4.79 Å². The van der Waals surface area contributed by atoms with E-state index in [1.54, 1.807) is 0 Å². The molecule has 1 aliphatic rings. The zero-order valence-corrected chi connectivity index (χ0v) is 11.1. The fourth-order valence-corrected chi connectivity index (χ4v) is 2.61. The van der Waals surface area contributed by atoms with Crippen molar-refractivity contribution in [3.05, 3.63) is 0 Å². The zero-order chi connectivity index (χ0) is 13.7. The maximum atomic E-state index is 12.3. The highest BCUT2D eigenvalue weighted by molar-refractivity contribution is 5.85. The molecule has 104 valence electrons.